The molecule has 1 heteroatoms. The van der Waals surface area contributed by atoms with Gasteiger partial charge in [0, 0.05) is 6.54 Å². The lowest BCUT2D eigenvalue weighted by molar-refractivity contribution is 0.425. The van der Waals surface area contributed by atoms with Crippen LogP contribution in [0.3, 0.4) is 0 Å². The summed E-state index contributed by atoms with van der Waals surface area (Å²) >= 11 is 0. The molecule has 43 valence electrons. The van der Waals surface area contributed by atoms with E-state index in [-0.39, 0.29) is 0 Å². The fourth-order valence-electron chi connectivity index (χ4n) is 0.236. The summed E-state index contributed by atoms with van der Waals surface area (Å²) in [4.78, 5) is 0. The third-order valence-corrected chi connectivity index (χ3v) is 1.46. The second-order valence-electron chi connectivity index (χ2n) is 2.43. The quantitative estimate of drug-likeness (QED) is 0.503. The molecule has 0 aromatic heterocycles. The first kappa shape index (κ1) is 6.96. The van der Waals surface area contributed by atoms with E-state index in [1.165, 1.54) is 0 Å². The minimum absolute atomic E-state index is 0.567. The summed E-state index contributed by atoms with van der Waals surface area (Å²) in [5.41, 5.74) is 6.94. The van der Waals surface area contributed by atoms with Crippen molar-refractivity contribution in [1.29, 1.82) is 0 Å². The fraction of sp³-hybridized carbons (Fsp3) is 1.00. The maximum atomic E-state index is 6.94. The van der Waals surface area contributed by atoms with Gasteiger partial charge in [0.15, 0.2) is 0 Å². The Morgan fingerprint density at radius 3 is 1.71 bits per heavy atom. The van der Waals surface area contributed by atoms with Crippen molar-refractivity contribution in [3.05, 3.63) is 0 Å². The SMILES string of the molecule is CC(C)C(C)C[NH]. The Labute approximate surface area is 45.9 Å². The molecule has 0 aromatic rings. The lowest BCUT2D eigenvalue weighted by atomic mass is 9.99. The Bertz CT molecular complexity index is 41.4. The van der Waals surface area contributed by atoms with Crippen molar-refractivity contribution in [3.63, 3.8) is 0 Å². The molecule has 0 heterocycles. The van der Waals surface area contributed by atoms with Crippen molar-refractivity contribution < 1.29 is 0 Å². The molecule has 1 N–H and O–H groups in total. The Balaban J connectivity index is 3.14. The van der Waals surface area contributed by atoms with Crippen LogP contribution in [0.4, 0.5) is 0 Å². The predicted molar refractivity (Wildman–Crippen MR) is 32.0 cm³/mol. The van der Waals surface area contributed by atoms with Gasteiger partial charge in [-0.1, -0.05) is 20.8 Å². The smallest absolute Gasteiger partial charge is 0.0128 e. The molecule has 1 atom stereocenters. The van der Waals surface area contributed by atoms with Crippen molar-refractivity contribution in [2.24, 2.45) is 11.8 Å². The van der Waals surface area contributed by atoms with Gasteiger partial charge in [-0.25, -0.2) is 0 Å². The average Bonchev–Trinajstić information content (AvgIpc) is 1.65. The third kappa shape index (κ3) is 2.63. The van der Waals surface area contributed by atoms with E-state index < -0.39 is 0 Å². The van der Waals surface area contributed by atoms with Gasteiger partial charge in [0.2, 0.25) is 0 Å². The minimum atomic E-state index is 0.567. The number of hydrogen-bond acceptors (Lipinski definition) is 0. The van der Waals surface area contributed by atoms with E-state index in [2.05, 4.69) is 20.8 Å². The third-order valence-electron chi connectivity index (χ3n) is 1.46. The van der Waals surface area contributed by atoms with E-state index >= 15 is 0 Å². The van der Waals surface area contributed by atoms with Crippen LogP contribution in [0.15, 0.2) is 0 Å². The zero-order valence-corrected chi connectivity index (χ0v) is 5.36. The maximum absolute atomic E-state index is 6.94. The zero-order valence-electron chi connectivity index (χ0n) is 5.36. The molecule has 0 aliphatic carbocycles. The topological polar surface area (TPSA) is 23.8 Å². The highest BCUT2D eigenvalue weighted by Gasteiger charge is 2.02. The molecule has 1 nitrogen and oxygen atoms in total. The molecule has 0 fully saturated rings. The zero-order chi connectivity index (χ0) is 5.86. The first-order valence-electron chi connectivity index (χ1n) is 2.83. The van der Waals surface area contributed by atoms with Crippen LogP contribution in [0, 0.1) is 11.8 Å². The lowest BCUT2D eigenvalue weighted by Crippen LogP contribution is -2.08. The number of rotatable bonds is 2. The highest BCUT2D eigenvalue weighted by atomic mass is 14.5. The van der Waals surface area contributed by atoms with Gasteiger partial charge in [0.1, 0.15) is 0 Å². The molecule has 0 bridgehead atoms. The lowest BCUT2D eigenvalue weighted by Gasteiger charge is -2.09. The van der Waals surface area contributed by atoms with Gasteiger partial charge < -0.3 is 0 Å². The second-order valence-corrected chi connectivity index (χ2v) is 2.43. The summed E-state index contributed by atoms with van der Waals surface area (Å²) in [5.74, 6) is 1.25. The summed E-state index contributed by atoms with van der Waals surface area (Å²) < 4.78 is 0. The summed E-state index contributed by atoms with van der Waals surface area (Å²) in [6, 6.07) is 0. The molecule has 1 radical (unpaired) electrons. The maximum Gasteiger partial charge on any atom is 0.0128 e. The van der Waals surface area contributed by atoms with Crippen LogP contribution in [0.5, 0.6) is 0 Å². The number of hydrogen-bond donors (Lipinski definition) is 0. The molecular formula is C6H14N. The first-order valence-corrected chi connectivity index (χ1v) is 2.83. The van der Waals surface area contributed by atoms with Crippen LogP contribution in [-0.2, 0) is 0 Å². The second kappa shape index (κ2) is 3.03. The molecule has 1 unspecified atom stereocenters. The van der Waals surface area contributed by atoms with Gasteiger partial charge in [-0.2, -0.15) is 0 Å². The van der Waals surface area contributed by atoms with E-state index in [4.69, 9.17) is 5.73 Å². The van der Waals surface area contributed by atoms with E-state index in [1.807, 2.05) is 0 Å². The molecule has 0 amide bonds. The predicted octanol–water partition coefficient (Wildman–Crippen LogP) is 1.56. The van der Waals surface area contributed by atoms with Gasteiger partial charge in [-0.05, 0) is 11.8 Å². The van der Waals surface area contributed by atoms with Crippen molar-refractivity contribution >= 4 is 0 Å². The Kier molecular flexibility index (Phi) is 3.01. The fourth-order valence-corrected chi connectivity index (χ4v) is 0.236. The van der Waals surface area contributed by atoms with Crippen LogP contribution >= 0.6 is 0 Å². The highest BCUT2D eigenvalue weighted by Crippen LogP contribution is 2.06. The van der Waals surface area contributed by atoms with Crippen LogP contribution in [0.2, 0.25) is 0 Å². The molecule has 0 saturated carbocycles. The standard InChI is InChI=1S/C6H14N/c1-5(2)6(3)4-7/h5-7H,4H2,1-3H3. The summed E-state index contributed by atoms with van der Waals surface area (Å²) in [6.45, 7) is 6.98. The van der Waals surface area contributed by atoms with Crippen LogP contribution in [-0.4, -0.2) is 6.54 Å². The number of nitrogens with one attached hydrogen (secondary N) is 1. The normalized spacial score (nSPS) is 15.0. The Hall–Kier alpha value is -0.0400. The molecule has 0 rings (SSSR count). The van der Waals surface area contributed by atoms with Crippen molar-refractivity contribution in [1.82, 2.24) is 5.73 Å². The van der Waals surface area contributed by atoms with E-state index in [9.17, 15) is 0 Å². The highest BCUT2D eigenvalue weighted by molar-refractivity contribution is 4.54. The Morgan fingerprint density at radius 2 is 1.71 bits per heavy atom. The van der Waals surface area contributed by atoms with Crippen LogP contribution in [0.25, 0.3) is 0 Å². The van der Waals surface area contributed by atoms with Gasteiger partial charge in [-0.15, -0.1) is 0 Å². The molecule has 0 aliphatic heterocycles. The monoisotopic (exact) mass is 100 g/mol. The molecule has 0 aromatic carbocycles. The van der Waals surface area contributed by atoms with Crippen molar-refractivity contribution in [2.45, 2.75) is 20.8 Å². The van der Waals surface area contributed by atoms with Crippen LogP contribution < -0.4 is 5.73 Å². The minimum Gasteiger partial charge on any atom is -0.258 e. The van der Waals surface area contributed by atoms with Gasteiger partial charge >= 0.3 is 0 Å². The molecule has 0 spiro atoms. The van der Waals surface area contributed by atoms with Crippen molar-refractivity contribution in [3.8, 4) is 0 Å². The molecule has 7 heavy (non-hydrogen) atoms. The molecule has 0 aliphatic rings. The Morgan fingerprint density at radius 1 is 1.29 bits per heavy atom. The van der Waals surface area contributed by atoms with E-state index in [1.54, 1.807) is 0 Å². The summed E-state index contributed by atoms with van der Waals surface area (Å²) in [7, 11) is 0. The summed E-state index contributed by atoms with van der Waals surface area (Å²) in [6.07, 6.45) is 0. The van der Waals surface area contributed by atoms with E-state index in [0.717, 1.165) is 0 Å². The van der Waals surface area contributed by atoms with Gasteiger partial charge in [-0.3, -0.25) is 5.73 Å². The molecular weight excluding hydrogens is 86.1 g/mol. The first-order chi connectivity index (χ1) is 3.18. The van der Waals surface area contributed by atoms with Gasteiger partial charge in [0.25, 0.3) is 0 Å². The van der Waals surface area contributed by atoms with E-state index in [0.29, 0.717) is 18.4 Å². The largest absolute Gasteiger partial charge is 0.258 e. The van der Waals surface area contributed by atoms with Gasteiger partial charge in [0.05, 0.1) is 0 Å². The average molecular weight is 100 g/mol. The summed E-state index contributed by atoms with van der Waals surface area (Å²) in [5, 5.41) is 0. The molecule has 0 saturated heterocycles. The van der Waals surface area contributed by atoms with Crippen LogP contribution in [0.1, 0.15) is 20.8 Å². The van der Waals surface area contributed by atoms with Crippen molar-refractivity contribution in [2.75, 3.05) is 6.54 Å².